The van der Waals surface area contributed by atoms with E-state index in [9.17, 15) is 9.59 Å². The Hall–Kier alpha value is -2.27. The molecule has 1 aliphatic heterocycles. The minimum Gasteiger partial charge on any atom is -0.478 e. The first-order valence-corrected chi connectivity index (χ1v) is 8.28. The monoisotopic (exact) mass is 346 g/mol. The van der Waals surface area contributed by atoms with Crippen molar-refractivity contribution in [2.24, 2.45) is 7.05 Å². The SMILES string of the molecule is Cn1cc(Cl)cc1C(=O)N1CCC[C@H](c2cccc(C(=O)O)c2)C1. The molecular formula is C18H19ClN2O3. The van der Waals surface area contributed by atoms with Gasteiger partial charge >= 0.3 is 5.97 Å². The molecule has 1 fully saturated rings. The van der Waals surface area contributed by atoms with Crippen molar-refractivity contribution in [3.63, 3.8) is 0 Å². The zero-order valence-electron chi connectivity index (χ0n) is 13.4. The molecule has 1 N–H and O–H groups in total. The summed E-state index contributed by atoms with van der Waals surface area (Å²) in [7, 11) is 1.80. The lowest BCUT2D eigenvalue weighted by molar-refractivity contribution is 0.0684. The second kappa shape index (κ2) is 6.69. The number of halogens is 1. The summed E-state index contributed by atoms with van der Waals surface area (Å²) < 4.78 is 1.74. The molecule has 0 unspecified atom stereocenters. The largest absolute Gasteiger partial charge is 0.478 e. The van der Waals surface area contributed by atoms with Crippen LogP contribution in [0.4, 0.5) is 0 Å². The predicted octanol–water partition coefficient (Wildman–Crippen LogP) is 3.40. The van der Waals surface area contributed by atoms with Crippen LogP contribution in [0.3, 0.4) is 0 Å². The van der Waals surface area contributed by atoms with Gasteiger partial charge in [0.25, 0.3) is 5.91 Å². The molecule has 1 saturated heterocycles. The first kappa shape index (κ1) is 16.6. The number of rotatable bonds is 3. The van der Waals surface area contributed by atoms with E-state index < -0.39 is 5.97 Å². The van der Waals surface area contributed by atoms with Gasteiger partial charge in [-0.05, 0) is 36.6 Å². The summed E-state index contributed by atoms with van der Waals surface area (Å²) in [6.45, 7) is 1.29. The van der Waals surface area contributed by atoms with Gasteiger partial charge in [0.1, 0.15) is 5.69 Å². The quantitative estimate of drug-likeness (QED) is 0.926. The van der Waals surface area contributed by atoms with E-state index >= 15 is 0 Å². The number of aromatic carboxylic acids is 1. The maximum Gasteiger partial charge on any atom is 0.335 e. The number of hydrogen-bond acceptors (Lipinski definition) is 2. The summed E-state index contributed by atoms with van der Waals surface area (Å²) in [4.78, 5) is 25.7. The standard InChI is InChI=1S/C18H19ClN2O3/c1-20-11-15(19)9-16(20)17(22)21-7-3-6-14(10-21)12-4-2-5-13(8-12)18(23)24/h2,4-5,8-9,11,14H,3,6-7,10H2,1H3,(H,23,24)/t14-/m0/s1. The fourth-order valence-electron chi connectivity index (χ4n) is 3.26. The van der Waals surface area contributed by atoms with Gasteiger partial charge in [-0.1, -0.05) is 23.7 Å². The van der Waals surface area contributed by atoms with Gasteiger partial charge in [-0.25, -0.2) is 4.79 Å². The van der Waals surface area contributed by atoms with Crippen molar-refractivity contribution < 1.29 is 14.7 Å². The van der Waals surface area contributed by atoms with Crippen LogP contribution in [0.2, 0.25) is 5.02 Å². The topological polar surface area (TPSA) is 62.5 Å². The highest BCUT2D eigenvalue weighted by Crippen LogP contribution is 2.28. The molecule has 2 aromatic rings. The van der Waals surface area contributed by atoms with Gasteiger partial charge in [0.15, 0.2) is 0 Å². The van der Waals surface area contributed by atoms with E-state index in [1.165, 1.54) is 0 Å². The summed E-state index contributed by atoms with van der Waals surface area (Å²) in [5, 5.41) is 9.69. The fourth-order valence-corrected chi connectivity index (χ4v) is 3.51. The smallest absolute Gasteiger partial charge is 0.335 e. The first-order valence-electron chi connectivity index (χ1n) is 7.90. The van der Waals surface area contributed by atoms with Crippen molar-refractivity contribution >= 4 is 23.5 Å². The Balaban J connectivity index is 1.79. The lowest BCUT2D eigenvalue weighted by Crippen LogP contribution is -2.39. The van der Waals surface area contributed by atoms with Gasteiger partial charge in [-0.2, -0.15) is 0 Å². The lowest BCUT2D eigenvalue weighted by Gasteiger charge is -2.33. The zero-order valence-corrected chi connectivity index (χ0v) is 14.2. The Labute approximate surface area is 145 Å². The molecule has 126 valence electrons. The number of aromatic nitrogens is 1. The van der Waals surface area contributed by atoms with Crippen molar-refractivity contribution in [1.29, 1.82) is 0 Å². The first-order chi connectivity index (χ1) is 11.5. The minimum absolute atomic E-state index is 0.0384. The molecule has 1 aromatic carbocycles. The number of carbonyl (C=O) groups excluding carboxylic acids is 1. The van der Waals surface area contributed by atoms with E-state index in [1.54, 1.807) is 42.1 Å². The van der Waals surface area contributed by atoms with Gasteiger partial charge < -0.3 is 14.6 Å². The van der Waals surface area contributed by atoms with Gasteiger partial charge in [0, 0.05) is 32.3 Å². The van der Waals surface area contributed by atoms with E-state index in [2.05, 4.69) is 0 Å². The van der Waals surface area contributed by atoms with Crippen LogP contribution >= 0.6 is 11.6 Å². The highest BCUT2D eigenvalue weighted by atomic mass is 35.5. The van der Waals surface area contributed by atoms with Crippen LogP contribution in [0, 0.1) is 0 Å². The van der Waals surface area contributed by atoms with Crippen molar-refractivity contribution in [3.8, 4) is 0 Å². The molecule has 1 aromatic heterocycles. The van der Waals surface area contributed by atoms with Gasteiger partial charge in [-0.15, -0.1) is 0 Å². The van der Waals surface area contributed by atoms with Gasteiger partial charge in [0.2, 0.25) is 0 Å². The van der Waals surface area contributed by atoms with Crippen LogP contribution < -0.4 is 0 Å². The Kier molecular flexibility index (Phi) is 4.62. The summed E-state index contributed by atoms with van der Waals surface area (Å²) in [5.41, 5.74) is 1.82. The second-order valence-electron chi connectivity index (χ2n) is 6.18. The van der Waals surface area contributed by atoms with E-state index in [4.69, 9.17) is 16.7 Å². The van der Waals surface area contributed by atoms with Crippen LogP contribution in [0.1, 0.15) is 45.2 Å². The number of benzene rings is 1. The molecule has 24 heavy (non-hydrogen) atoms. The molecular weight excluding hydrogens is 328 g/mol. The molecule has 5 nitrogen and oxygen atoms in total. The van der Waals surface area contributed by atoms with Gasteiger partial charge in [0.05, 0.1) is 10.6 Å². The summed E-state index contributed by atoms with van der Waals surface area (Å²) in [6.07, 6.45) is 3.55. The molecule has 0 bridgehead atoms. The molecule has 0 spiro atoms. The molecule has 1 atom stereocenters. The van der Waals surface area contributed by atoms with Crippen molar-refractivity contribution in [3.05, 3.63) is 58.4 Å². The van der Waals surface area contributed by atoms with E-state index in [0.29, 0.717) is 23.8 Å². The summed E-state index contributed by atoms with van der Waals surface area (Å²) in [5.74, 6) is -0.819. The maximum absolute atomic E-state index is 12.7. The van der Waals surface area contributed by atoms with Crippen LogP contribution in [-0.2, 0) is 7.05 Å². The van der Waals surface area contributed by atoms with Crippen molar-refractivity contribution in [1.82, 2.24) is 9.47 Å². The van der Waals surface area contributed by atoms with Crippen LogP contribution in [0.5, 0.6) is 0 Å². The Morgan fingerprint density at radius 2 is 2.08 bits per heavy atom. The van der Waals surface area contributed by atoms with Crippen LogP contribution in [0.15, 0.2) is 36.5 Å². The number of hydrogen-bond donors (Lipinski definition) is 1. The average Bonchev–Trinajstić information content (AvgIpc) is 2.92. The molecule has 0 aliphatic carbocycles. The van der Waals surface area contributed by atoms with Crippen molar-refractivity contribution in [2.45, 2.75) is 18.8 Å². The zero-order chi connectivity index (χ0) is 17.3. The fraction of sp³-hybridized carbons (Fsp3) is 0.333. The maximum atomic E-state index is 12.7. The molecule has 0 radical (unpaired) electrons. The molecule has 3 rings (SSSR count). The third kappa shape index (κ3) is 3.31. The number of aryl methyl sites for hydroxylation is 1. The van der Waals surface area contributed by atoms with Gasteiger partial charge in [-0.3, -0.25) is 4.79 Å². The highest BCUT2D eigenvalue weighted by Gasteiger charge is 2.27. The highest BCUT2D eigenvalue weighted by molar-refractivity contribution is 6.31. The summed E-state index contributed by atoms with van der Waals surface area (Å²) in [6, 6.07) is 8.67. The van der Waals surface area contributed by atoms with E-state index in [1.807, 2.05) is 11.0 Å². The van der Waals surface area contributed by atoms with E-state index in [-0.39, 0.29) is 17.4 Å². The third-order valence-electron chi connectivity index (χ3n) is 4.50. The molecule has 1 amide bonds. The van der Waals surface area contributed by atoms with E-state index in [0.717, 1.165) is 18.4 Å². The number of nitrogens with zero attached hydrogens (tertiary/aromatic N) is 2. The third-order valence-corrected chi connectivity index (χ3v) is 4.71. The Morgan fingerprint density at radius 3 is 2.75 bits per heavy atom. The Bertz CT molecular complexity index is 784. The predicted molar refractivity (Wildman–Crippen MR) is 91.7 cm³/mol. The number of carboxylic acid groups (broad SMARTS) is 1. The normalized spacial score (nSPS) is 17.8. The number of likely N-dealkylation sites (tertiary alicyclic amines) is 1. The average molecular weight is 347 g/mol. The number of amides is 1. The molecule has 1 aliphatic rings. The lowest BCUT2D eigenvalue weighted by atomic mass is 9.89. The second-order valence-corrected chi connectivity index (χ2v) is 6.61. The Morgan fingerprint density at radius 1 is 1.29 bits per heavy atom. The van der Waals surface area contributed by atoms with Crippen LogP contribution in [0.25, 0.3) is 0 Å². The van der Waals surface area contributed by atoms with Crippen LogP contribution in [-0.4, -0.2) is 39.5 Å². The molecule has 0 saturated carbocycles. The number of carboxylic acids is 1. The molecule has 2 heterocycles. The molecule has 6 heteroatoms. The number of piperidine rings is 1. The summed E-state index contributed by atoms with van der Waals surface area (Å²) >= 11 is 5.97. The van der Waals surface area contributed by atoms with Crippen molar-refractivity contribution in [2.75, 3.05) is 13.1 Å². The number of carbonyl (C=O) groups is 2. The minimum atomic E-state index is -0.931.